The minimum atomic E-state index is -1.10. The summed E-state index contributed by atoms with van der Waals surface area (Å²) in [5.74, 6) is -1.10. The van der Waals surface area contributed by atoms with E-state index in [1.165, 1.54) is 18.3 Å². The second-order valence-electron chi connectivity index (χ2n) is 4.17. The molecule has 1 saturated carbocycles. The maximum atomic E-state index is 11.8. The van der Waals surface area contributed by atoms with Crippen molar-refractivity contribution in [3.63, 3.8) is 0 Å². The van der Waals surface area contributed by atoms with Crippen LogP contribution in [0.15, 0.2) is 18.3 Å². The summed E-state index contributed by atoms with van der Waals surface area (Å²) in [6.07, 6.45) is 3.08. The second-order valence-corrected chi connectivity index (χ2v) is 4.17. The van der Waals surface area contributed by atoms with Crippen molar-refractivity contribution < 1.29 is 14.7 Å². The number of nitrogens with two attached hydrogens (primary N) is 1. The van der Waals surface area contributed by atoms with E-state index in [1.807, 2.05) is 0 Å². The Hall–Kier alpha value is -2.11. The number of amides is 1. The average Bonchev–Trinajstić information content (AvgIpc) is 2.23. The predicted molar refractivity (Wildman–Crippen MR) is 60.3 cm³/mol. The summed E-state index contributed by atoms with van der Waals surface area (Å²) >= 11 is 0. The van der Waals surface area contributed by atoms with Crippen molar-refractivity contribution in [1.82, 2.24) is 10.3 Å². The number of aromatic nitrogens is 1. The lowest BCUT2D eigenvalue weighted by atomic mass is 9.76. The molecule has 1 aliphatic carbocycles. The van der Waals surface area contributed by atoms with Crippen molar-refractivity contribution in [3.8, 4) is 0 Å². The van der Waals surface area contributed by atoms with E-state index >= 15 is 0 Å². The molecule has 1 aromatic heterocycles. The van der Waals surface area contributed by atoms with Crippen molar-refractivity contribution in [2.75, 3.05) is 5.73 Å². The van der Waals surface area contributed by atoms with E-state index in [4.69, 9.17) is 10.8 Å². The van der Waals surface area contributed by atoms with Crippen LogP contribution in [0.2, 0.25) is 0 Å². The van der Waals surface area contributed by atoms with Crippen LogP contribution in [0.5, 0.6) is 0 Å². The fraction of sp³-hybridized carbons (Fsp3) is 0.364. The number of nitrogen functional groups attached to an aromatic ring is 1. The van der Waals surface area contributed by atoms with Gasteiger partial charge in [0.15, 0.2) is 0 Å². The number of carbonyl (C=O) groups is 2. The number of nitrogens with zero attached hydrogens (tertiary/aromatic N) is 1. The third-order valence-electron chi connectivity index (χ3n) is 3.02. The summed E-state index contributed by atoms with van der Waals surface area (Å²) in [5, 5.41) is 11.6. The Balaban J connectivity index is 2.11. The number of anilines is 1. The Labute approximate surface area is 97.8 Å². The van der Waals surface area contributed by atoms with Crippen LogP contribution >= 0.6 is 0 Å². The maximum absolute atomic E-state index is 11.8. The highest BCUT2D eigenvalue weighted by Gasteiger charge is 2.45. The Morgan fingerprint density at radius 2 is 2.12 bits per heavy atom. The molecule has 0 atom stereocenters. The number of nitrogens with one attached hydrogen (secondary N) is 1. The van der Waals surface area contributed by atoms with Crippen LogP contribution < -0.4 is 11.1 Å². The lowest BCUT2D eigenvalue weighted by Gasteiger charge is -2.38. The van der Waals surface area contributed by atoms with Gasteiger partial charge in [0.1, 0.15) is 11.4 Å². The lowest BCUT2D eigenvalue weighted by molar-refractivity contribution is -0.148. The molecular weight excluding hydrogens is 222 g/mol. The Morgan fingerprint density at radius 1 is 1.41 bits per heavy atom. The van der Waals surface area contributed by atoms with Crippen LogP contribution in [0, 0.1) is 0 Å². The molecule has 4 N–H and O–H groups in total. The number of hydrogen-bond donors (Lipinski definition) is 3. The molecule has 90 valence electrons. The van der Waals surface area contributed by atoms with Crippen molar-refractivity contribution in [1.29, 1.82) is 0 Å². The van der Waals surface area contributed by atoms with Crippen molar-refractivity contribution in [2.45, 2.75) is 24.8 Å². The first-order chi connectivity index (χ1) is 8.03. The van der Waals surface area contributed by atoms with Gasteiger partial charge in [0, 0.05) is 6.20 Å². The standard InChI is InChI=1S/C11H13N3O3/c12-8-3-2-7(6-13-8)9(15)14-11(10(16)17)4-1-5-11/h2-3,6H,1,4-5H2,(H2,12,13)(H,14,15)(H,16,17). The predicted octanol–water partition coefficient (Wildman–Crippen LogP) is 0.401. The summed E-state index contributed by atoms with van der Waals surface area (Å²) < 4.78 is 0. The Bertz CT molecular complexity index is 452. The van der Waals surface area contributed by atoms with Gasteiger partial charge in [-0.2, -0.15) is 0 Å². The van der Waals surface area contributed by atoms with Gasteiger partial charge < -0.3 is 16.2 Å². The topological polar surface area (TPSA) is 105 Å². The molecule has 1 amide bonds. The van der Waals surface area contributed by atoms with Gasteiger partial charge in [-0.25, -0.2) is 9.78 Å². The average molecular weight is 235 g/mol. The zero-order valence-electron chi connectivity index (χ0n) is 9.14. The minimum Gasteiger partial charge on any atom is -0.480 e. The lowest BCUT2D eigenvalue weighted by Crippen LogP contribution is -2.59. The van der Waals surface area contributed by atoms with Crippen LogP contribution in [0.4, 0.5) is 5.82 Å². The van der Waals surface area contributed by atoms with Crippen LogP contribution in [-0.2, 0) is 4.79 Å². The van der Waals surface area contributed by atoms with Gasteiger partial charge in [0.05, 0.1) is 5.56 Å². The zero-order chi connectivity index (χ0) is 12.5. The van der Waals surface area contributed by atoms with Gasteiger partial charge in [-0.3, -0.25) is 4.79 Å². The second kappa shape index (κ2) is 4.04. The normalized spacial score (nSPS) is 16.9. The first-order valence-corrected chi connectivity index (χ1v) is 5.31. The highest BCUT2D eigenvalue weighted by Crippen LogP contribution is 2.32. The molecule has 0 spiro atoms. The van der Waals surface area contributed by atoms with Gasteiger partial charge in [0.25, 0.3) is 5.91 Å². The highest BCUT2D eigenvalue weighted by molar-refractivity contribution is 5.98. The molecule has 1 aliphatic rings. The first-order valence-electron chi connectivity index (χ1n) is 5.31. The molecular formula is C11H13N3O3. The number of aliphatic carboxylic acids is 1. The molecule has 6 nitrogen and oxygen atoms in total. The summed E-state index contributed by atoms with van der Waals surface area (Å²) in [4.78, 5) is 26.7. The molecule has 6 heteroatoms. The first kappa shape index (κ1) is 11.4. The molecule has 0 bridgehead atoms. The maximum Gasteiger partial charge on any atom is 0.329 e. The molecule has 0 radical (unpaired) electrons. The Morgan fingerprint density at radius 3 is 2.53 bits per heavy atom. The number of carboxylic acid groups (broad SMARTS) is 1. The molecule has 0 aromatic carbocycles. The van der Waals surface area contributed by atoms with Gasteiger partial charge in [-0.1, -0.05) is 0 Å². The molecule has 17 heavy (non-hydrogen) atoms. The van der Waals surface area contributed by atoms with E-state index in [9.17, 15) is 9.59 Å². The van der Waals surface area contributed by atoms with E-state index in [0.717, 1.165) is 6.42 Å². The number of hydrogen-bond acceptors (Lipinski definition) is 4. The molecule has 1 aromatic rings. The number of rotatable bonds is 3. The molecule has 1 fully saturated rings. The van der Waals surface area contributed by atoms with E-state index in [2.05, 4.69) is 10.3 Å². The van der Waals surface area contributed by atoms with E-state index < -0.39 is 17.4 Å². The van der Waals surface area contributed by atoms with Gasteiger partial charge in [-0.15, -0.1) is 0 Å². The van der Waals surface area contributed by atoms with Gasteiger partial charge in [0.2, 0.25) is 0 Å². The van der Waals surface area contributed by atoms with Gasteiger partial charge in [-0.05, 0) is 31.4 Å². The van der Waals surface area contributed by atoms with E-state index in [-0.39, 0.29) is 0 Å². The monoisotopic (exact) mass is 235 g/mol. The van der Waals surface area contributed by atoms with Crippen LogP contribution in [0.25, 0.3) is 0 Å². The Kier molecular flexibility index (Phi) is 2.71. The largest absolute Gasteiger partial charge is 0.480 e. The summed E-state index contributed by atoms with van der Waals surface area (Å²) in [6.45, 7) is 0. The smallest absolute Gasteiger partial charge is 0.329 e. The highest BCUT2D eigenvalue weighted by atomic mass is 16.4. The third-order valence-corrected chi connectivity index (χ3v) is 3.02. The molecule has 0 saturated heterocycles. The number of carbonyl (C=O) groups excluding carboxylic acids is 1. The van der Waals surface area contributed by atoms with Crippen molar-refractivity contribution in [2.24, 2.45) is 0 Å². The summed E-state index contributed by atoms with van der Waals surface area (Å²) in [5.41, 5.74) is 4.62. The fourth-order valence-corrected chi connectivity index (χ4v) is 1.75. The minimum absolute atomic E-state index is 0.312. The third kappa shape index (κ3) is 2.06. The molecule has 0 unspecified atom stereocenters. The van der Waals surface area contributed by atoms with Crippen LogP contribution in [0.1, 0.15) is 29.6 Å². The number of pyridine rings is 1. The molecule has 1 heterocycles. The van der Waals surface area contributed by atoms with Gasteiger partial charge >= 0.3 is 5.97 Å². The van der Waals surface area contributed by atoms with Crippen molar-refractivity contribution >= 4 is 17.7 Å². The summed E-state index contributed by atoms with van der Waals surface area (Å²) in [7, 11) is 0. The van der Waals surface area contributed by atoms with E-state index in [1.54, 1.807) is 0 Å². The molecule has 2 rings (SSSR count). The summed E-state index contributed by atoms with van der Waals surface area (Å²) in [6, 6.07) is 3.02. The van der Waals surface area contributed by atoms with Crippen LogP contribution in [-0.4, -0.2) is 27.5 Å². The van der Waals surface area contributed by atoms with Crippen molar-refractivity contribution in [3.05, 3.63) is 23.9 Å². The quantitative estimate of drug-likeness (QED) is 0.703. The SMILES string of the molecule is Nc1ccc(C(=O)NC2(C(=O)O)CCC2)cn1. The molecule has 0 aliphatic heterocycles. The number of carboxylic acids is 1. The zero-order valence-corrected chi connectivity index (χ0v) is 9.14. The fourth-order valence-electron chi connectivity index (χ4n) is 1.75. The van der Waals surface area contributed by atoms with E-state index in [0.29, 0.717) is 24.2 Å². The van der Waals surface area contributed by atoms with Crippen LogP contribution in [0.3, 0.4) is 0 Å².